The fraction of sp³-hybridized carbons (Fsp3) is 0.222. The lowest BCUT2D eigenvalue weighted by atomic mass is 10.2. The average molecular weight is 325 g/mol. The van der Waals surface area contributed by atoms with E-state index in [-0.39, 0.29) is 18.2 Å². The zero-order chi connectivity index (χ0) is 17.1. The minimum absolute atomic E-state index is 0.146. The monoisotopic (exact) mass is 325 g/mol. The molecule has 1 saturated heterocycles. The Hall–Kier alpha value is -2.86. The van der Waals surface area contributed by atoms with Gasteiger partial charge in [-0.2, -0.15) is 0 Å². The molecule has 0 spiro atoms. The number of ether oxygens (including phenoxy) is 1. The van der Waals surface area contributed by atoms with Gasteiger partial charge in [-0.05, 0) is 42.0 Å². The van der Waals surface area contributed by atoms with Gasteiger partial charge in [-0.25, -0.2) is 4.90 Å². The van der Waals surface area contributed by atoms with Crippen LogP contribution in [0.4, 0.5) is 11.4 Å². The topological polar surface area (TPSA) is 84.7 Å². The molecule has 0 bridgehead atoms. The molecule has 0 radical (unpaired) electrons. The van der Waals surface area contributed by atoms with Crippen LogP contribution < -0.4 is 20.7 Å². The Morgan fingerprint density at radius 1 is 1.21 bits per heavy atom. The second-order valence-corrected chi connectivity index (χ2v) is 5.65. The van der Waals surface area contributed by atoms with E-state index in [1.54, 1.807) is 37.4 Å². The number of methoxy groups -OCH3 is 1. The molecule has 1 heterocycles. The van der Waals surface area contributed by atoms with Crippen molar-refractivity contribution in [3.8, 4) is 5.75 Å². The molecule has 2 amide bonds. The number of imide groups is 1. The summed E-state index contributed by atoms with van der Waals surface area (Å²) in [5.74, 6) is 0.221. The maximum absolute atomic E-state index is 12.5. The summed E-state index contributed by atoms with van der Waals surface area (Å²) >= 11 is 0. The summed E-state index contributed by atoms with van der Waals surface area (Å²) in [6.07, 6.45) is 0.146. The Morgan fingerprint density at radius 2 is 1.96 bits per heavy atom. The largest absolute Gasteiger partial charge is 0.497 e. The molecule has 6 heteroatoms. The van der Waals surface area contributed by atoms with Crippen molar-refractivity contribution in [2.45, 2.75) is 19.0 Å². The third-order valence-corrected chi connectivity index (χ3v) is 3.98. The molecular weight excluding hydrogens is 306 g/mol. The first-order chi connectivity index (χ1) is 11.6. The number of hydrogen-bond donors (Lipinski definition) is 2. The highest BCUT2D eigenvalue weighted by molar-refractivity contribution is 6.22. The SMILES string of the molecule is COc1ccc(N2C(=O)C[C@H](NCc3cccc(N)c3)C2=O)cc1. The third kappa shape index (κ3) is 3.23. The molecule has 0 aromatic heterocycles. The van der Waals surface area contributed by atoms with Crippen LogP contribution in [-0.4, -0.2) is 25.0 Å². The van der Waals surface area contributed by atoms with Gasteiger partial charge in [0.25, 0.3) is 5.91 Å². The van der Waals surface area contributed by atoms with Gasteiger partial charge in [0.15, 0.2) is 0 Å². The number of carbonyl (C=O) groups excluding carboxylic acids is 2. The Bertz CT molecular complexity index is 758. The van der Waals surface area contributed by atoms with Crippen LogP contribution in [-0.2, 0) is 16.1 Å². The number of nitrogens with one attached hydrogen (secondary N) is 1. The maximum atomic E-state index is 12.5. The minimum Gasteiger partial charge on any atom is -0.497 e. The predicted octanol–water partition coefficient (Wildman–Crippen LogP) is 1.70. The van der Waals surface area contributed by atoms with Crippen molar-refractivity contribution in [1.82, 2.24) is 5.32 Å². The molecule has 24 heavy (non-hydrogen) atoms. The molecule has 2 aromatic carbocycles. The van der Waals surface area contributed by atoms with E-state index in [1.165, 1.54) is 4.90 Å². The first-order valence-electron chi connectivity index (χ1n) is 7.67. The normalized spacial score (nSPS) is 17.4. The van der Waals surface area contributed by atoms with E-state index in [0.717, 1.165) is 5.56 Å². The average Bonchev–Trinajstić information content (AvgIpc) is 2.87. The van der Waals surface area contributed by atoms with Crippen molar-refractivity contribution in [3.63, 3.8) is 0 Å². The predicted molar refractivity (Wildman–Crippen MR) is 91.6 cm³/mol. The number of carbonyl (C=O) groups is 2. The molecule has 1 aliphatic rings. The number of nitrogens with zero attached hydrogens (tertiary/aromatic N) is 1. The zero-order valence-corrected chi connectivity index (χ0v) is 13.4. The van der Waals surface area contributed by atoms with E-state index >= 15 is 0 Å². The molecule has 0 unspecified atom stereocenters. The van der Waals surface area contributed by atoms with Gasteiger partial charge in [-0.1, -0.05) is 12.1 Å². The van der Waals surface area contributed by atoms with Crippen LogP contribution in [0.3, 0.4) is 0 Å². The number of nitrogen functional groups attached to an aromatic ring is 1. The highest BCUT2D eigenvalue weighted by atomic mass is 16.5. The van der Waals surface area contributed by atoms with Crippen LogP contribution in [0.5, 0.6) is 5.75 Å². The number of nitrogens with two attached hydrogens (primary N) is 1. The Morgan fingerprint density at radius 3 is 2.62 bits per heavy atom. The van der Waals surface area contributed by atoms with Gasteiger partial charge in [-0.3, -0.25) is 9.59 Å². The molecule has 1 fully saturated rings. The fourth-order valence-corrected chi connectivity index (χ4v) is 2.74. The number of rotatable bonds is 5. The van der Waals surface area contributed by atoms with E-state index < -0.39 is 6.04 Å². The van der Waals surface area contributed by atoms with Crippen molar-refractivity contribution < 1.29 is 14.3 Å². The molecule has 3 rings (SSSR count). The Kier molecular flexibility index (Phi) is 4.48. The van der Waals surface area contributed by atoms with Crippen molar-refractivity contribution >= 4 is 23.2 Å². The quantitative estimate of drug-likeness (QED) is 0.646. The van der Waals surface area contributed by atoms with Crippen molar-refractivity contribution in [1.29, 1.82) is 0 Å². The minimum atomic E-state index is -0.527. The van der Waals surface area contributed by atoms with Gasteiger partial charge >= 0.3 is 0 Å². The molecule has 0 aliphatic carbocycles. The third-order valence-electron chi connectivity index (χ3n) is 3.98. The van der Waals surface area contributed by atoms with E-state index in [1.807, 2.05) is 18.2 Å². The standard InChI is InChI=1S/C18H19N3O3/c1-24-15-7-5-14(6-8-15)21-17(22)10-16(18(21)23)20-11-12-3-2-4-13(19)9-12/h2-9,16,20H,10-11,19H2,1H3/t16-/m0/s1. The summed E-state index contributed by atoms with van der Waals surface area (Å²) in [4.78, 5) is 26.0. The molecular formula is C18H19N3O3. The highest BCUT2D eigenvalue weighted by Gasteiger charge is 2.39. The van der Waals surface area contributed by atoms with E-state index in [0.29, 0.717) is 23.7 Å². The van der Waals surface area contributed by atoms with Gasteiger partial charge in [-0.15, -0.1) is 0 Å². The van der Waals surface area contributed by atoms with E-state index in [2.05, 4.69) is 5.32 Å². The van der Waals surface area contributed by atoms with Crippen molar-refractivity contribution in [3.05, 3.63) is 54.1 Å². The van der Waals surface area contributed by atoms with Crippen molar-refractivity contribution in [2.24, 2.45) is 0 Å². The molecule has 1 atom stereocenters. The van der Waals surface area contributed by atoms with Gasteiger partial charge in [0, 0.05) is 12.2 Å². The first-order valence-corrected chi connectivity index (χ1v) is 7.67. The Labute approximate surface area is 140 Å². The molecule has 2 aromatic rings. The van der Waals surface area contributed by atoms with E-state index in [9.17, 15) is 9.59 Å². The second-order valence-electron chi connectivity index (χ2n) is 5.65. The lowest BCUT2D eigenvalue weighted by Gasteiger charge is -2.16. The van der Waals surface area contributed by atoms with Crippen LogP contribution in [0.25, 0.3) is 0 Å². The van der Waals surface area contributed by atoms with Gasteiger partial charge in [0.1, 0.15) is 5.75 Å². The lowest BCUT2D eigenvalue weighted by molar-refractivity contribution is -0.121. The highest BCUT2D eigenvalue weighted by Crippen LogP contribution is 2.25. The summed E-state index contributed by atoms with van der Waals surface area (Å²) < 4.78 is 5.09. The first kappa shape index (κ1) is 16.0. The molecule has 124 valence electrons. The summed E-state index contributed by atoms with van der Waals surface area (Å²) in [5.41, 5.74) is 7.94. The smallest absolute Gasteiger partial charge is 0.251 e. The molecule has 3 N–H and O–H groups in total. The van der Waals surface area contributed by atoms with Crippen LogP contribution in [0.15, 0.2) is 48.5 Å². The van der Waals surface area contributed by atoms with Crippen LogP contribution in [0.2, 0.25) is 0 Å². The van der Waals surface area contributed by atoms with Gasteiger partial charge in [0.05, 0.1) is 25.3 Å². The lowest BCUT2D eigenvalue weighted by Crippen LogP contribution is -2.38. The second kappa shape index (κ2) is 6.72. The van der Waals surface area contributed by atoms with Crippen LogP contribution in [0, 0.1) is 0 Å². The summed E-state index contributed by atoms with van der Waals surface area (Å²) in [6.45, 7) is 0.477. The number of amides is 2. The molecule has 6 nitrogen and oxygen atoms in total. The van der Waals surface area contributed by atoms with Gasteiger partial charge < -0.3 is 15.8 Å². The Balaban J connectivity index is 1.69. The number of benzene rings is 2. The van der Waals surface area contributed by atoms with Crippen molar-refractivity contribution in [2.75, 3.05) is 17.7 Å². The van der Waals surface area contributed by atoms with Crippen LogP contribution in [0.1, 0.15) is 12.0 Å². The summed E-state index contributed by atoms with van der Waals surface area (Å²) in [6, 6.07) is 13.8. The summed E-state index contributed by atoms with van der Waals surface area (Å²) in [7, 11) is 1.57. The number of hydrogen-bond acceptors (Lipinski definition) is 5. The number of anilines is 2. The molecule has 1 aliphatic heterocycles. The summed E-state index contributed by atoms with van der Waals surface area (Å²) in [5, 5.41) is 3.14. The fourth-order valence-electron chi connectivity index (χ4n) is 2.74. The van der Waals surface area contributed by atoms with Crippen LogP contribution >= 0.6 is 0 Å². The zero-order valence-electron chi connectivity index (χ0n) is 13.4. The molecule has 0 saturated carbocycles. The maximum Gasteiger partial charge on any atom is 0.251 e. The van der Waals surface area contributed by atoms with Gasteiger partial charge in [0.2, 0.25) is 5.91 Å². The van der Waals surface area contributed by atoms with E-state index in [4.69, 9.17) is 10.5 Å².